The molecule has 0 amide bonds. The zero-order chi connectivity index (χ0) is 11.2. The van der Waals surface area contributed by atoms with E-state index < -0.39 is 0 Å². The Balaban J connectivity index is 2.85. The first-order chi connectivity index (χ1) is 7.00. The summed E-state index contributed by atoms with van der Waals surface area (Å²) in [7, 11) is 0. The first-order valence-electron chi connectivity index (χ1n) is 4.81. The van der Waals surface area contributed by atoms with Gasteiger partial charge in [-0.15, -0.1) is 0 Å². The number of benzene rings is 1. The molecule has 0 spiro atoms. The Morgan fingerprint density at radius 1 is 1.33 bits per heavy atom. The highest BCUT2D eigenvalue weighted by atomic mass is 16.3. The number of furan rings is 1. The van der Waals surface area contributed by atoms with Crippen LogP contribution >= 0.6 is 0 Å². The topological polar surface area (TPSA) is 56.2 Å². The monoisotopic (exact) mass is 203 g/mol. The van der Waals surface area contributed by atoms with Crippen LogP contribution in [0, 0.1) is 13.8 Å². The van der Waals surface area contributed by atoms with E-state index in [2.05, 4.69) is 0 Å². The van der Waals surface area contributed by atoms with Gasteiger partial charge in [0.25, 0.3) is 0 Å². The van der Waals surface area contributed by atoms with Crippen molar-refractivity contribution < 1.29 is 9.21 Å². The zero-order valence-corrected chi connectivity index (χ0v) is 9.05. The van der Waals surface area contributed by atoms with Crippen LogP contribution in [0.25, 0.3) is 11.0 Å². The molecule has 2 N–H and O–H groups in total. The van der Waals surface area contributed by atoms with Crippen LogP contribution in [0.2, 0.25) is 0 Å². The average Bonchev–Trinajstić information content (AvgIpc) is 2.59. The molecule has 1 aromatic carbocycles. The maximum Gasteiger partial charge on any atom is 0.194 e. The molecule has 15 heavy (non-hydrogen) atoms. The van der Waals surface area contributed by atoms with Gasteiger partial charge in [0.1, 0.15) is 5.58 Å². The Kier molecular flexibility index (Phi) is 2.03. The summed E-state index contributed by atoms with van der Waals surface area (Å²) in [4.78, 5) is 11.2. The normalized spacial score (nSPS) is 10.9. The quantitative estimate of drug-likeness (QED) is 0.572. The number of hydrogen-bond donors (Lipinski definition) is 1. The van der Waals surface area contributed by atoms with Crippen molar-refractivity contribution in [1.82, 2.24) is 0 Å². The Bertz CT molecular complexity index is 552. The summed E-state index contributed by atoms with van der Waals surface area (Å²) in [6.45, 7) is 5.34. The molecule has 0 aliphatic heterocycles. The lowest BCUT2D eigenvalue weighted by molar-refractivity contribution is 0.0989. The molecule has 0 saturated carbocycles. The third-order valence-corrected chi connectivity index (χ3v) is 2.65. The van der Waals surface area contributed by atoms with Gasteiger partial charge >= 0.3 is 0 Å². The minimum absolute atomic E-state index is 0.0661. The SMILES string of the molecule is CC(=O)c1cc2c(C)c(N)cc(C)c2o1. The Morgan fingerprint density at radius 2 is 2.00 bits per heavy atom. The van der Waals surface area contributed by atoms with Crippen LogP contribution in [0.5, 0.6) is 0 Å². The van der Waals surface area contributed by atoms with E-state index in [4.69, 9.17) is 10.2 Å². The molecular formula is C12H13NO2. The molecule has 0 saturated heterocycles. The summed E-state index contributed by atoms with van der Waals surface area (Å²) in [6, 6.07) is 3.63. The molecule has 0 radical (unpaired) electrons. The third-order valence-electron chi connectivity index (χ3n) is 2.65. The van der Waals surface area contributed by atoms with Crippen molar-refractivity contribution in [2.45, 2.75) is 20.8 Å². The van der Waals surface area contributed by atoms with Crippen molar-refractivity contribution in [3.63, 3.8) is 0 Å². The average molecular weight is 203 g/mol. The number of nitrogen functional groups attached to an aromatic ring is 1. The van der Waals surface area contributed by atoms with Gasteiger partial charge in [-0.3, -0.25) is 4.79 Å². The van der Waals surface area contributed by atoms with Crippen molar-refractivity contribution in [3.8, 4) is 0 Å². The second kappa shape index (κ2) is 3.12. The number of carbonyl (C=O) groups is 1. The van der Waals surface area contributed by atoms with E-state index >= 15 is 0 Å². The van der Waals surface area contributed by atoms with Crippen LogP contribution in [-0.2, 0) is 0 Å². The number of hydrogen-bond acceptors (Lipinski definition) is 3. The van der Waals surface area contributed by atoms with Crippen LogP contribution in [0.15, 0.2) is 16.5 Å². The first kappa shape index (κ1) is 9.77. The smallest absolute Gasteiger partial charge is 0.194 e. The van der Waals surface area contributed by atoms with Gasteiger partial charge in [-0.05, 0) is 37.1 Å². The lowest BCUT2D eigenvalue weighted by atomic mass is 10.1. The molecule has 2 rings (SSSR count). The van der Waals surface area contributed by atoms with Crippen molar-refractivity contribution >= 4 is 22.4 Å². The van der Waals surface area contributed by atoms with Crippen molar-refractivity contribution in [3.05, 3.63) is 29.0 Å². The van der Waals surface area contributed by atoms with Gasteiger partial charge in [0, 0.05) is 18.0 Å². The second-order valence-corrected chi connectivity index (χ2v) is 3.82. The van der Waals surface area contributed by atoms with Crippen molar-refractivity contribution in [1.29, 1.82) is 0 Å². The van der Waals surface area contributed by atoms with Crippen molar-refractivity contribution in [2.75, 3.05) is 5.73 Å². The number of rotatable bonds is 1. The highest BCUT2D eigenvalue weighted by Crippen LogP contribution is 2.29. The van der Waals surface area contributed by atoms with Crippen LogP contribution < -0.4 is 5.73 Å². The van der Waals surface area contributed by atoms with Gasteiger partial charge in [-0.1, -0.05) is 0 Å². The molecule has 0 atom stereocenters. The van der Waals surface area contributed by atoms with Gasteiger partial charge in [-0.2, -0.15) is 0 Å². The molecular weight excluding hydrogens is 190 g/mol. The van der Waals surface area contributed by atoms with Crippen LogP contribution in [0.4, 0.5) is 5.69 Å². The van der Waals surface area contributed by atoms with Gasteiger partial charge in [0.05, 0.1) is 0 Å². The zero-order valence-electron chi connectivity index (χ0n) is 9.05. The predicted molar refractivity (Wildman–Crippen MR) is 60.1 cm³/mol. The van der Waals surface area contributed by atoms with Crippen LogP contribution in [-0.4, -0.2) is 5.78 Å². The molecule has 2 aromatic rings. The first-order valence-corrected chi connectivity index (χ1v) is 4.81. The number of anilines is 1. The molecule has 0 unspecified atom stereocenters. The van der Waals surface area contributed by atoms with Gasteiger partial charge in [0.15, 0.2) is 11.5 Å². The van der Waals surface area contributed by atoms with E-state index in [9.17, 15) is 4.79 Å². The second-order valence-electron chi connectivity index (χ2n) is 3.82. The van der Waals surface area contributed by atoms with Crippen molar-refractivity contribution in [2.24, 2.45) is 0 Å². The largest absolute Gasteiger partial charge is 0.453 e. The fraction of sp³-hybridized carbons (Fsp3) is 0.250. The standard InChI is InChI=1S/C12H13NO2/c1-6-4-10(13)7(2)9-5-11(8(3)14)15-12(6)9/h4-5H,13H2,1-3H3. The maximum atomic E-state index is 11.2. The number of Topliss-reactive ketones (excluding diaryl/α,β-unsaturated/α-hetero) is 1. The molecule has 0 aliphatic rings. The maximum absolute atomic E-state index is 11.2. The Hall–Kier alpha value is -1.77. The molecule has 3 heteroatoms. The van der Waals surface area contributed by atoms with Crippen LogP contribution in [0.1, 0.15) is 28.6 Å². The third kappa shape index (κ3) is 1.40. The van der Waals surface area contributed by atoms with E-state index in [-0.39, 0.29) is 5.78 Å². The predicted octanol–water partition coefficient (Wildman–Crippen LogP) is 2.83. The van der Waals surface area contributed by atoms with Gasteiger partial charge in [0.2, 0.25) is 0 Å². The number of ketones is 1. The molecule has 3 nitrogen and oxygen atoms in total. The Morgan fingerprint density at radius 3 is 2.60 bits per heavy atom. The van der Waals surface area contributed by atoms with E-state index in [0.29, 0.717) is 5.76 Å². The fourth-order valence-electron chi connectivity index (χ4n) is 1.70. The molecule has 78 valence electrons. The van der Waals surface area contributed by atoms with Gasteiger partial charge in [-0.25, -0.2) is 0 Å². The summed E-state index contributed by atoms with van der Waals surface area (Å²) >= 11 is 0. The van der Waals surface area contributed by atoms with Gasteiger partial charge < -0.3 is 10.2 Å². The lowest BCUT2D eigenvalue weighted by Gasteiger charge is -2.02. The van der Waals surface area contributed by atoms with E-state index in [0.717, 1.165) is 27.8 Å². The number of aryl methyl sites for hydroxylation is 2. The summed E-state index contributed by atoms with van der Waals surface area (Å²) < 4.78 is 5.49. The summed E-state index contributed by atoms with van der Waals surface area (Å²) in [5.41, 5.74) is 9.26. The minimum atomic E-state index is -0.0661. The van der Waals surface area contributed by atoms with E-state index in [1.54, 1.807) is 6.07 Å². The molecule has 1 heterocycles. The summed E-state index contributed by atoms with van der Waals surface area (Å²) in [5.74, 6) is 0.324. The Labute approximate surface area is 87.9 Å². The summed E-state index contributed by atoms with van der Waals surface area (Å²) in [6.07, 6.45) is 0. The molecule has 1 aromatic heterocycles. The highest BCUT2D eigenvalue weighted by Gasteiger charge is 2.13. The van der Waals surface area contributed by atoms with Crippen LogP contribution in [0.3, 0.4) is 0 Å². The van der Waals surface area contributed by atoms with E-state index in [1.807, 2.05) is 19.9 Å². The summed E-state index contributed by atoms with van der Waals surface area (Å²) in [5, 5.41) is 0.928. The molecule has 0 bridgehead atoms. The fourth-order valence-corrected chi connectivity index (χ4v) is 1.70. The lowest BCUT2D eigenvalue weighted by Crippen LogP contribution is -1.90. The number of nitrogens with two attached hydrogens (primary N) is 1. The number of carbonyl (C=O) groups excluding carboxylic acids is 1. The minimum Gasteiger partial charge on any atom is -0.453 e. The molecule has 0 fully saturated rings. The van der Waals surface area contributed by atoms with E-state index in [1.165, 1.54) is 6.92 Å². The number of fused-ring (bicyclic) bond motifs is 1. The highest BCUT2D eigenvalue weighted by molar-refractivity contribution is 5.98. The molecule has 0 aliphatic carbocycles.